The summed E-state index contributed by atoms with van der Waals surface area (Å²) in [5.41, 5.74) is 1.12. The van der Waals surface area contributed by atoms with Crippen molar-refractivity contribution in [3.63, 3.8) is 0 Å². The Morgan fingerprint density at radius 2 is 2.03 bits per heavy atom. The van der Waals surface area contributed by atoms with Gasteiger partial charge in [-0.1, -0.05) is 36.4 Å². The number of nitrogens with zero attached hydrogens (tertiary/aromatic N) is 2. The Bertz CT molecular complexity index is 1170. The minimum Gasteiger partial charge on any atom is -0.377 e. The third-order valence-corrected chi connectivity index (χ3v) is 6.88. The van der Waals surface area contributed by atoms with E-state index >= 15 is 0 Å². The van der Waals surface area contributed by atoms with Gasteiger partial charge >= 0.3 is 0 Å². The molecule has 4 rings (SSSR count). The highest BCUT2D eigenvalue weighted by Crippen LogP contribution is 2.21. The summed E-state index contributed by atoms with van der Waals surface area (Å²) < 4.78 is 35.4. The van der Waals surface area contributed by atoms with E-state index in [0.717, 1.165) is 18.4 Å². The number of hydrogen-bond acceptors (Lipinski definition) is 5. The van der Waals surface area contributed by atoms with Crippen LogP contribution in [0, 0.1) is 0 Å². The lowest BCUT2D eigenvalue weighted by Crippen LogP contribution is -2.33. The van der Waals surface area contributed by atoms with E-state index in [4.69, 9.17) is 4.74 Å². The molecular formula is C23H26N4O4S. The first kappa shape index (κ1) is 22.2. The van der Waals surface area contributed by atoms with Crippen molar-refractivity contribution in [2.45, 2.75) is 29.9 Å². The molecule has 0 saturated carbocycles. The van der Waals surface area contributed by atoms with Gasteiger partial charge in [-0.15, -0.1) is 0 Å². The van der Waals surface area contributed by atoms with Crippen LogP contribution >= 0.6 is 0 Å². The first-order valence-electron chi connectivity index (χ1n) is 10.5. The number of rotatable bonds is 8. The van der Waals surface area contributed by atoms with Crippen molar-refractivity contribution in [3.8, 4) is 0 Å². The van der Waals surface area contributed by atoms with E-state index < -0.39 is 22.0 Å². The van der Waals surface area contributed by atoms with Gasteiger partial charge in [-0.05, 0) is 36.6 Å². The molecule has 9 heteroatoms. The van der Waals surface area contributed by atoms with Gasteiger partial charge in [-0.2, -0.15) is 0 Å². The Hall–Kier alpha value is -3.01. The van der Waals surface area contributed by atoms with Gasteiger partial charge in [-0.25, -0.2) is 18.1 Å². The zero-order chi connectivity index (χ0) is 22.6. The lowest BCUT2D eigenvalue weighted by molar-refractivity contribution is 0.0941. The number of sulfonamides is 1. The fourth-order valence-corrected chi connectivity index (χ4v) is 4.82. The van der Waals surface area contributed by atoms with E-state index in [2.05, 4.69) is 15.0 Å². The van der Waals surface area contributed by atoms with Crippen molar-refractivity contribution in [3.05, 3.63) is 83.9 Å². The molecule has 0 radical (unpaired) electrons. The molecule has 2 aromatic carbocycles. The molecule has 0 unspecified atom stereocenters. The van der Waals surface area contributed by atoms with E-state index in [-0.39, 0.29) is 23.1 Å². The third kappa shape index (κ3) is 5.07. The predicted molar refractivity (Wildman–Crippen MR) is 120 cm³/mol. The number of nitrogens with one attached hydrogen (secondary N) is 2. The molecule has 1 saturated heterocycles. The summed E-state index contributed by atoms with van der Waals surface area (Å²) in [5.74, 6) is 0.282. The van der Waals surface area contributed by atoms with Crippen molar-refractivity contribution in [1.82, 2.24) is 19.6 Å². The maximum atomic E-state index is 13.1. The van der Waals surface area contributed by atoms with Gasteiger partial charge in [0.05, 0.1) is 11.0 Å². The average Bonchev–Trinajstić information content (AvgIpc) is 3.48. The quantitative estimate of drug-likeness (QED) is 0.544. The van der Waals surface area contributed by atoms with E-state index in [1.807, 2.05) is 48.1 Å². The molecule has 8 nitrogen and oxygen atoms in total. The second kappa shape index (κ2) is 9.64. The molecule has 0 aliphatic carbocycles. The number of ether oxygens (including phenoxy) is 1. The van der Waals surface area contributed by atoms with Crippen LogP contribution in [0.5, 0.6) is 0 Å². The minimum absolute atomic E-state index is 0.0383. The molecule has 1 aliphatic rings. The van der Waals surface area contributed by atoms with Crippen LogP contribution in [-0.2, 0) is 21.8 Å². The van der Waals surface area contributed by atoms with Crippen LogP contribution in [0.4, 0.5) is 0 Å². The standard InChI is InChI=1S/C23H26N4O4S/c1-27-13-12-24-22(27)21(17-7-3-2-4-8-17)26-23(28)18-9-5-11-20(15-18)32(29,30)25-16-19-10-6-14-31-19/h2-5,7-9,11-13,15,19,21,25H,6,10,14,16H2,1H3,(H,26,28)/t19-,21-/m0/s1. The molecule has 0 bridgehead atoms. The summed E-state index contributed by atoms with van der Waals surface area (Å²) >= 11 is 0. The number of aryl methyl sites for hydroxylation is 1. The number of amides is 1. The van der Waals surface area contributed by atoms with E-state index in [9.17, 15) is 13.2 Å². The van der Waals surface area contributed by atoms with Gasteiger partial charge in [0, 0.05) is 38.2 Å². The molecule has 2 N–H and O–H groups in total. The van der Waals surface area contributed by atoms with Crippen LogP contribution in [0.25, 0.3) is 0 Å². The fourth-order valence-electron chi connectivity index (χ4n) is 3.71. The SMILES string of the molecule is Cn1ccnc1[C@@H](NC(=O)c1cccc(S(=O)(=O)NC[C@@H]2CCCO2)c1)c1ccccc1. The van der Waals surface area contributed by atoms with E-state index in [0.29, 0.717) is 12.4 Å². The van der Waals surface area contributed by atoms with Crippen molar-refractivity contribution in [2.24, 2.45) is 7.05 Å². The fraction of sp³-hybridized carbons (Fsp3) is 0.304. The lowest BCUT2D eigenvalue weighted by Gasteiger charge is -2.19. The van der Waals surface area contributed by atoms with Gasteiger partial charge in [0.1, 0.15) is 11.9 Å². The molecule has 3 aromatic rings. The number of benzene rings is 2. The van der Waals surface area contributed by atoms with Crippen LogP contribution in [0.1, 0.15) is 40.6 Å². The maximum absolute atomic E-state index is 13.1. The number of carbonyl (C=O) groups excluding carboxylic acids is 1. The molecule has 2 heterocycles. The Balaban J connectivity index is 1.54. The molecule has 0 spiro atoms. The second-order valence-corrected chi connectivity index (χ2v) is 9.50. The molecule has 1 amide bonds. The van der Waals surface area contributed by atoms with Gasteiger partial charge < -0.3 is 14.6 Å². The highest BCUT2D eigenvalue weighted by Gasteiger charge is 2.24. The van der Waals surface area contributed by atoms with Crippen LogP contribution in [0.2, 0.25) is 0 Å². The first-order valence-corrected chi connectivity index (χ1v) is 12.0. The molecule has 168 valence electrons. The van der Waals surface area contributed by atoms with Crippen LogP contribution in [0.15, 0.2) is 71.9 Å². The molecule has 1 fully saturated rings. The van der Waals surface area contributed by atoms with Gasteiger partial charge in [0.25, 0.3) is 5.91 Å². The largest absolute Gasteiger partial charge is 0.377 e. The Kier molecular flexibility index (Phi) is 6.69. The zero-order valence-electron chi connectivity index (χ0n) is 17.8. The Labute approximate surface area is 187 Å². The summed E-state index contributed by atoms with van der Waals surface area (Å²) in [6.07, 6.45) is 5.13. The van der Waals surface area contributed by atoms with Crippen LogP contribution in [-0.4, -0.2) is 43.1 Å². The Morgan fingerprint density at radius 3 is 2.72 bits per heavy atom. The summed E-state index contributed by atoms with van der Waals surface area (Å²) in [6, 6.07) is 15.0. The summed E-state index contributed by atoms with van der Waals surface area (Å²) in [5, 5.41) is 2.99. The summed E-state index contributed by atoms with van der Waals surface area (Å²) in [6.45, 7) is 0.870. The monoisotopic (exact) mass is 454 g/mol. The zero-order valence-corrected chi connectivity index (χ0v) is 18.6. The average molecular weight is 455 g/mol. The summed E-state index contributed by atoms with van der Waals surface area (Å²) in [7, 11) is -1.90. The number of hydrogen-bond donors (Lipinski definition) is 2. The van der Waals surface area contributed by atoms with E-state index in [1.54, 1.807) is 18.3 Å². The smallest absolute Gasteiger partial charge is 0.252 e. The molecule has 1 aliphatic heterocycles. The van der Waals surface area contributed by atoms with Crippen molar-refractivity contribution in [1.29, 1.82) is 0 Å². The van der Waals surface area contributed by atoms with Crippen molar-refractivity contribution < 1.29 is 17.9 Å². The number of aromatic nitrogens is 2. The third-order valence-electron chi connectivity index (χ3n) is 5.46. The maximum Gasteiger partial charge on any atom is 0.252 e. The topological polar surface area (TPSA) is 102 Å². The predicted octanol–water partition coefficient (Wildman–Crippen LogP) is 2.40. The molecule has 32 heavy (non-hydrogen) atoms. The second-order valence-electron chi connectivity index (χ2n) is 7.73. The van der Waals surface area contributed by atoms with Gasteiger partial charge in [0.15, 0.2) is 0 Å². The van der Waals surface area contributed by atoms with Crippen LogP contribution in [0.3, 0.4) is 0 Å². The highest BCUT2D eigenvalue weighted by atomic mass is 32.2. The highest BCUT2D eigenvalue weighted by molar-refractivity contribution is 7.89. The Morgan fingerprint density at radius 1 is 1.22 bits per heavy atom. The first-order chi connectivity index (χ1) is 15.4. The van der Waals surface area contributed by atoms with Gasteiger partial charge in [-0.3, -0.25) is 4.79 Å². The number of carbonyl (C=O) groups is 1. The van der Waals surface area contributed by atoms with Crippen molar-refractivity contribution >= 4 is 15.9 Å². The summed E-state index contributed by atoms with van der Waals surface area (Å²) in [4.78, 5) is 17.5. The van der Waals surface area contributed by atoms with Crippen molar-refractivity contribution in [2.75, 3.05) is 13.2 Å². The van der Waals surface area contributed by atoms with E-state index in [1.165, 1.54) is 12.1 Å². The molecular weight excluding hydrogens is 428 g/mol. The van der Waals surface area contributed by atoms with Crippen LogP contribution < -0.4 is 10.0 Å². The molecule has 1 aromatic heterocycles. The normalized spacial score (nSPS) is 17.2. The molecule has 2 atom stereocenters. The minimum atomic E-state index is -3.76. The number of imidazole rings is 1. The lowest BCUT2D eigenvalue weighted by atomic mass is 10.1. The van der Waals surface area contributed by atoms with Gasteiger partial charge in [0.2, 0.25) is 10.0 Å².